The van der Waals surface area contributed by atoms with Crippen LogP contribution in [0.3, 0.4) is 0 Å². The molecule has 1 heterocycles. The monoisotopic (exact) mass is 408 g/mol. The van der Waals surface area contributed by atoms with Crippen molar-refractivity contribution in [3.8, 4) is 5.75 Å². The van der Waals surface area contributed by atoms with Crippen LogP contribution in [-0.2, 0) is 5.75 Å². The van der Waals surface area contributed by atoms with Crippen LogP contribution in [-0.4, -0.2) is 15.6 Å². The van der Waals surface area contributed by atoms with Crippen molar-refractivity contribution < 1.29 is 9.15 Å². The molecule has 1 unspecified atom stereocenters. The van der Waals surface area contributed by atoms with Crippen molar-refractivity contribution in [3.05, 3.63) is 38.6 Å². The molecule has 0 radical (unpaired) electrons. The minimum absolute atomic E-state index is 0.0682. The quantitative estimate of drug-likeness (QED) is 0.437. The van der Waals surface area contributed by atoms with Crippen molar-refractivity contribution >= 4 is 46.6 Å². The van der Waals surface area contributed by atoms with Gasteiger partial charge in [-0.05, 0) is 59.4 Å². The Morgan fingerprint density at radius 3 is 3.05 bits per heavy atom. The first-order valence-corrected chi connectivity index (χ1v) is 8.29. The zero-order valence-electron chi connectivity index (χ0n) is 10.3. The molecule has 0 saturated heterocycles. The minimum atomic E-state index is 0.0682. The number of halogens is 1. The van der Waals surface area contributed by atoms with Crippen LogP contribution in [0.1, 0.15) is 19.2 Å². The Labute approximate surface area is 134 Å². The maximum Gasteiger partial charge on any atom is 0.284 e. The number of aromatic nitrogens is 2. The van der Waals surface area contributed by atoms with Crippen molar-refractivity contribution in [2.24, 2.45) is 0 Å². The largest absolute Gasteiger partial charge is 0.480 e. The van der Waals surface area contributed by atoms with E-state index in [-0.39, 0.29) is 5.44 Å². The van der Waals surface area contributed by atoms with E-state index in [1.165, 1.54) is 0 Å². The number of rotatable bonds is 6. The topological polar surface area (TPSA) is 51.0 Å². The van der Waals surface area contributed by atoms with Crippen LogP contribution >= 0.6 is 46.6 Å². The van der Waals surface area contributed by atoms with E-state index in [4.69, 9.17) is 21.4 Å². The number of hydrogen-bond acceptors (Lipinski definition) is 5. The second kappa shape index (κ2) is 7.30. The summed E-state index contributed by atoms with van der Waals surface area (Å²) in [4.78, 5) is 0.308. The van der Waals surface area contributed by atoms with Crippen molar-refractivity contribution in [3.63, 3.8) is 0 Å². The highest BCUT2D eigenvalue weighted by Gasteiger charge is 2.11. The zero-order chi connectivity index (χ0) is 13.7. The third-order valence-corrected chi connectivity index (χ3v) is 4.33. The fourth-order valence-corrected chi connectivity index (χ4v) is 2.94. The van der Waals surface area contributed by atoms with Gasteiger partial charge < -0.3 is 9.15 Å². The van der Waals surface area contributed by atoms with Crippen LogP contribution in [0.4, 0.5) is 0 Å². The van der Waals surface area contributed by atoms with Gasteiger partial charge in [0.2, 0.25) is 5.89 Å². The van der Waals surface area contributed by atoms with Gasteiger partial charge in [0.1, 0.15) is 11.2 Å². The summed E-state index contributed by atoms with van der Waals surface area (Å²) < 4.78 is 12.3. The summed E-state index contributed by atoms with van der Waals surface area (Å²) in [6.07, 6.45) is 0.904. The second-order valence-electron chi connectivity index (χ2n) is 3.73. The van der Waals surface area contributed by atoms with Gasteiger partial charge in [-0.25, -0.2) is 5.10 Å². The van der Waals surface area contributed by atoms with Crippen LogP contribution in [0.5, 0.6) is 5.75 Å². The molecule has 1 atom stereocenters. The van der Waals surface area contributed by atoms with E-state index < -0.39 is 0 Å². The number of aromatic amines is 1. The Morgan fingerprint density at radius 2 is 2.42 bits per heavy atom. The molecule has 2 aromatic rings. The predicted molar refractivity (Wildman–Crippen MR) is 86.8 cm³/mol. The number of H-pyrrole nitrogens is 1. The highest BCUT2D eigenvalue weighted by Crippen LogP contribution is 2.24. The normalized spacial score (nSPS) is 12.3. The highest BCUT2D eigenvalue weighted by atomic mass is 127. The average molecular weight is 408 g/mol. The lowest BCUT2D eigenvalue weighted by atomic mass is 10.3. The molecule has 102 valence electrons. The van der Waals surface area contributed by atoms with Crippen LogP contribution in [0, 0.1) is 8.41 Å². The van der Waals surface area contributed by atoms with Crippen molar-refractivity contribution in [2.45, 2.75) is 24.5 Å². The summed E-state index contributed by atoms with van der Waals surface area (Å²) >= 11 is 8.75. The van der Waals surface area contributed by atoms with Gasteiger partial charge in [0.25, 0.3) is 4.84 Å². The molecule has 0 aliphatic carbocycles. The molecule has 19 heavy (non-hydrogen) atoms. The van der Waals surface area contributed by atoms with Crippen LogP contribution in [0.25, 0.3) is 0 Å². The van der Waals surface area contributed by atoms with Crippen LogP contribution in [0.15, 0.2) is 28.7 Å². The summed E-state index contributed by atoms with van der Waals surface area (Å²) in [5.41, 5.74) is 0.0682. The van der Waals surface area contributed by atoms with Crippen molar-refractivity contribution in [1.29, 1.82) is 0 Å². The van der Waals surface area contributed by atoms with E-state index in [9.17, 15) is 0 Å². The number of thioether (sulfide) groups is 1. The fourth-order valence-electron chi connectivity index (χ4n) is 1.41. The summed E-state index contributed by atoms with van der Waals surface area (Å²) in [6, 6.07) is 8.01. The van der Waals surface area contributed by atoms with Gasteiger partial charge in [-0.15, -0.1) is 16.9 Å². The molecule has 2 rings (SSSR count). The van der Waals surface area contributed by atoms with Crippen LogP contribution < -0.4 is 4.74 Å². The standard InChI is InChI=1S/C12H13IN2O2S2/c1-2-11(16-9-5-3-4-8(13)6-9)19-7-10-14-15-12(18)17-10/h3-6,11H,2,7H2,1H3,(H,15,18). The van der Waals surface area contributed by atoms with Crippen molar-refractivity contribution in [2.75, 3.05) is 0 Å². The summed E-state index contributed by atoms with van der Waals surface area (Å²) in [5, 5.41) is 6.58. The summed E-state index contributed by atoms with van der Waals surface area (Å²) in [5.74, 6) is 2.11. The lowest BCUT2D eigenvalue weighted by Gasteiger charge is -2.16. The number of nitrogens with zero attached hydrogens (tertiary/aromatic N) is 1. The number of benzene rings is 1. The lowest BCUT2D eigenvalue weighted by molar-refractivity contribution is 0.283. The first kappa shape index (κ1) is 14.9. The second-order valence-corrected chi connectivity index (χ2v) is 6.50. The Hall–Kier alpha value is -0.540. The Kier molecular flexibility index (Phi) is 5.71. The third-order valence-electron chi connectivity index (χ3n) is 2.27. The molecule has 0 spiro atoms. The van der Waals surface area contributed by atoms with Gasteiger partial charge in [-0.2, -0.15) is 0 Å². The zero-order valence-corrected chi connectivity index (χ0v) is 14.0. The van der Waals surface area contributed by atoms with E-state index in [2.05, 4.69) is 39.7 Å². The van der Waals surface area contributed by atoms with Crippen molar-refractivity contribution in [1.82, 2.24) is 10.2 Å². The Balaban J connectivity index is 1.91. The van der Waals surface area contributed by atoms with E-state index in [0.29, 0.717) is 16.5 Å². The smallest absolute Gasteiger partial charge is 0.284 e. The predicted octanol–water partition coefficient (Wildman–Crippen LogP) is 4.39. The SMILES string of the molecule is CCC(Oc1cccc(I)c1)SCc1n[nH]c(=S)o1. The fraction of sp³-hybridized carbons (Fsp3) is 0.333. The first-order valence-electron chi connectivity index (χ1n) is 5.75. The first-order chi connectivity index (χ1) is 9.17. The maximum atomic E-state index is 5.93. The molecule has 1 aromatic carbocycles. The van der Waals surface area contributed by atoms with Gasteiger partial charge in [-0.1, -0.05) is 13.0 Å². The average Bonchev–Trinajstić information content (AvgIpc) is 2.80. The van der Waals surface area contributed by atoms with E-state index in [1.807, 2.05) is 24.3 Å². The number of ether oxygens (including phenoxy) is 1. The molecule has 0 saturated carbocycles. The van der Waals surface area contributed by atoms with Crippen LogP contribution in [0.2, 0.25) is 0 Å². The van der Waals surface area contributed by atoms with Gasteiger partial charge >= 0.3 is 0 Å². The van der Waals surface area contributed by atoms with Gasteiger partial charge in [-0.3, -0.25) is 0 Å². The number of nitrogens with one attached hydrogen (secondary N) is 1. The molecule has 7 heteroatoms. The molecule has 1 aromatic heterocycles. The molecule has 0 aliphatic heterocycles. The molecular formula is C12H13IN2O2S2. The molecule has 0 aliphatic rings. The molecule has 0 bridgehead atoms. The summed E-state index contributed by atoms with van der Waals surface area (Å²) in [7, 11) is 0. The van der Waals surface area contributed by atoms with E-state index in [1.54, 1.807) is 11.8 Å². The van der Waals surface area contributed by atoms with Gasteiger partial charge in [0.15, 0.2) is 0 Å². The molecule has 0 amide bonds. The van der Waals surface area contributed by atoms with Gasteiger partial charge in [0.05, 0.1) is 5.75 Å². The minimum Gasteiger partial charge on any atom is -0.480 e. The van der Waals surface area contributed by atoms with Gasteiger partial charge in [0, 0.05) is 3.57 Å². The van der Waals surface area contributed by atoms with E-state index in [0.717, 1.165) is 15.7 Å². The number of hydrogen-bond donors (Lipinski definition) is 1. The molecular weight excluding hydrogens is 395 g/mol. The third kappa shape index (κ3) is 4.81. The maximum absolute atomic E-state index is 5.93. The molecule has 0 fully saturated rings. The highest BCUT2D eigenvalue weighted by molar-refractivity contribution is 14.1. The molecule has 4 nitrogen and oxygen atoms in total. The lowest BCUT2D eigenvalue weighted by Crippen LogP contribution is -2.11. The Morgan fingerprint density at radius 1 is 1.58 bits per heavy atom. The van der Waals surface area contributed by atoms with E-state index >= 15 is 0 Å². The molecule has 1 N–H and O–H groups in total. The summed E-state index contributed by atoms with van der Waals surface area (Å²) in [6.45, 7) is 2.09. The Bertz CT molecular complexity index is 585.